The van der Waals surface area contributed by atoms with Crippen molar-refractivity contribution < 1.29 is 24.3 Å². The zero-order chi connectivity index (χ0) is 21.1. The van der Waals surface area contributed by atoms with Gasteiger partial charge < -0.3 is 26.4 Å². The van der Waals surface area contributed by atoms with Crippen LogP contribution in [-0.4, -0.2) is 48.1 Å². The van der Waals surface area contributed by atoms with Crippen molar-refractivity contribution >= 4 is 29.5 Å². The van der Waals surface area contributed by atoms with Crippen molar-refractivity contribution in [3.63, 3.8) is 0 Å². The molecule has 0 bridgehead atoms. The number of carbonyl (C=O) groups is 4. The van der Waals surface area contributed by atoms with Crippen LogP contribution in [0.5, 0.6) is 0 Å². The van der Waals surface area contributed by atoms with Crippen LogP contribution in [0.25, 0.3) is 0 Å². The third kappa shape index (κ3) is 8.12. The monoisotopic (exact) mass is 398 g/mol. The van der Waals surface area contributed by atoms with Crippen molar-refractivity contribution in [2.45, 2.75) is 12.5 Å². The van der Waals surface area contributed by atoms with E-state index in [0.717, 1.165) is 5.56 Å². The lowest BCUT2D eigenvalue weighted by Crippen LogP contribution is -2.48. The van der Waals surface area contributed by atoms with Crippen molar-refractivity contribution in [1.29, 1.82) is 0 Å². The summed E-state index contributed by atoms with van der Waals surface area (Å²) < 4.78 is 0. The van der Waals surface area contributed by atoms with E-state index < -0.39 is 36.4 Å². The molecule has 29 heavy (non-hydrogen) atoms. The van der Waals surface area contributed by atoms with Crippen molar-refractivity contribution in [3.05, 3.63) is 66.2 Å². The summed E-state index contributed by atoms with van der Waals surface area (Å²) in [6.45, 7) is -0.738. The lowest BCUT2D eigenvalue weighted by molar-refractivity contribution is -0.141. The minimum absolute atomic E-state index is 0.122. The van der Waals surface area contributed by atoms with Gasteiger partial charge in [-0.2, -0.15) is 0 Å². The summed E-state index contributed by atoms with van der Waals surface area (Å²) in [6, 6.07) is 15.9. The third-order valence-corrected chi connectivity index (χ3v) is 3.80. The maximum Gasteiger partial charge on any atom is 0.326 e. The molecule has 2 aromatic rings. The molecule has 0 aliphatic rings. The summed E-state index contributed by atoms with van der Waals surface area (Å²) in [6.07, 6.45) is 0.122. The Hall–Kier alpha value is -3.88. The molecular formula is C20H22N4O5. The molecule has 0 radical (unpaired) electrons. The van der Waals surface area contributed by atoms with Crippen LogP contribution in [-0.2, 0) is 20.8 Å². The smallest absolute Gasteiger partial charge is 0.326 e. The first-order chi connectivity index (χ1) is 13.9. The van der Waals surface area contributed by atoms with Crippen LogP contribution < -0.4 is 21.3 Å². The summed E-state index contributed by atoms with van der Waals surface area (Å²) in [4.78, 5) is 46.8. The van der Waals surface area contributed by atoms with Gasteiger partial charge in [0.25, 0.3) is 0 Å². The molecule has 9 heteroatoms. The van der Waals surface area contributed by atoms with Gasteiger partial charge >= 0.3 is 12.0 Å². The van der Waals surface area contributed by atoms with E-state index in [0.29, 0.717) is 5.69 Å². The van der Waals surface area contributed by atoms with Crippen LogP contribution in [0.2, 0.25) is 0 Å². The number of urea groups is 1. The fourth-order valence-electron chi connectivity index (χ4n) is 2.39. The average Bonchev–Trinajstić information content (AvgIpc) is 2.71. The lowest BCUT2D eigenvalue weighted by atomic mass is 10.1. The summed E-state index contributed by atoms with van der Waals surface area (Å²) >= 11 is 0. The van der Waals surface area contributed by atoms with Gasteiger partial charge in [0.2, 0.25) is 11.8 Å². The Morgan fingerprint density at radius 2 is 1.38 bits per heavy atom. The van der Waals surface area contributed by atoms with Gasteiger partial charge in [0.05, 0.1) is 13.1 Å². The minimum Gasteiger partial charge on any atom is -0.480 e. The molecule has 152 valence electrons. The second kappa shape index (κ2) is 11.1. The molecule has 0 aliphatic carbocycles. The first kappa shape index (κ1) is 21.4. The first-order valence-electron chi connectivity index (χ1n) is 8.86. The minimum atomic E-state index is -1.17. The fourth-order valence-corrected chi connectivity index (χ4v) is 2.39. The highest BCUT2D eigenvalue weighted by atomic mass is 16.4. The second-order valence-corrected chi connectivity index (χ2v) is 6.10. The molecule has 1 unspecified atom stereocenters. The lowest BCUT2D eigenvalue weighted by Gasteiger charge is -2.15. The average molecular weight is 398 g/mol. The Balaban J connectivity index is 1.70. The van der Waals surface area contributed by atoms with Crippen molar-refractivity contribution in [1.82, 2.24) is 16.0 Å². The highest BCUT2D eigenvalue weighted by molar-refractivity contribution is 5.93. The predicted molar refractivity (Wildman–Crippen MR) is 106 cm³/mol. The summed E-state index contributed by atoms with van der Waals surface area (Å²) in [5, 5.41) is 18.9. The molecule has 0 saturated carbocycles. The molecule has 0 saturated heterocycles. The van der Waals surface area contributed by atoms with E-state index in [1.165, 1.54) is 0 Å². The number of amides is 4. The van der Waals surface area contributed by atoms with Crippen LogP contribution in [0.3, 0.4) is 0 Å². The van der Waals surface area contributed by atoms with Crippen molar-refractivity contribution in [2.75, 3.05) is 18.4 Å². The number of anilines is 1. The predicted octanol–water partition coefficient (Wildman–Crippen LogP) is 0.736. The number of para-hydroxylation sites is 1. The second-order valence-electron chi connectivity index (χ2n) is 6.10. The molecule has 1 atom stereocenters. The normalized spacial score (nSPS) is 11.0. The third-order valence-electron chi connectivity index (χ3n) is 3.80. The number of benzene rings is 2. The van der Waals surface area contributed by atoms with Gasteiger partial charge in [-0.25, -0.2) is 9.59 Å². The Labute approximate surface area is 167 Å². The van der Waals surface area contributed by atoms with Crippen molar-refractivity contribution in [3.8, 4) is 0 Å². The first-order valence-corrected chi connectivity index (χ1v) is 8.86. The molecular weight excluding hydrogens is 376 g/mol. The van der Waals surface area contributed by atoms with Gasteiger partial charge in [-0.3, -0.25) is 9.59 Å². The van der Waals surface area contributed by atoms with Crippen LogP contribution in [0.4, 0.5) is 10.5 Å². The maximum atomic E-state index is 11.9. The molecule has 0 aromatic heterocycles. The molecule has 2 aromatic carbocycles. The van der Waals surface area contributed by atoms with E-state index in [-0.39, 0.29) is 13.0 Å². The molecule has 9 nitrogen and oxygen atoms in total. The SMILES string of the molecule is O=C(CNC(=O)Nc1ccccc1)NCC(=O)NC(Cc1ccccc1)C(=O)O. The van der Waals surface area contributed by atoms with Gasteiger partial charge in [0.1, 0.15) is 6.04 Å². The Kier molecular flexibility index (Phi) is 8.18. The van der Waals surface area contributed by atoms with Gasteiger partial charge in [-0.05, 0) is 17.7 Å². The molecule has 0 fully saturated rings. The molecule has 2 rings (SSSR count). The summed E-state index contributed by atoms with van der Waals surface area (Å²) in [5.74, 6) is -2.40. The number of aliphatic carboxylic acids is 1. The Morgan fingerprint density at radius 3 is 2.00 bits per heavy atom. The van der Waals surface area contributed by atoms with Gasteiger partial charge in [0.15, 0.2) is 0 Å². The van der Waals surface area contributed by atoms with Crippen LogP contribution in [0.1, 0.15) is 5.56 Å². The molecule has 5 N–H and O–H groups in total. The number of rotatable bonds is 9. The van der Waals surface area contributed by atoms with Crippen LogP contribution in [0, 0.1) is 0 Å². The van der Waals surface area contributed by atoms with E-state index in [4.69, 9.17) is 0 Å². The van der Waals surface area contributed by atoms with E-state index in [9.17, 15) is 24.3 Å². The number of carboxylic acid groups (broad SMARTS) is 1. The van der Waals surface area contributed by atoms with E-state index in [1.807, 2.05) is 6.07 Å². The summed E-state index contributed by atoms with van der Waals surface area (Å²) in [7, 11) is 0. The largest absolute Gasteiger partial charge is 0.480 e. The number of nitrogens with one attached hydrogen (secondary N) is 4. The number of hydrogen-bond acceptors (Lipinski definition) is 4. The molecule has 4 amide bonds. The molecule has 0 heterocycles. The quantitative estimate of drug-likeness (QED) is 0.424. The van der Waals surface area contributed by atoms with Gasteiger partial charge in [-0.15, -0.1) is 0 Å². The van der Waals surface area contributed by atoms with E-state index in [2.05, 4.69) is 21.3 Å². The van der Waals surface area contributed by atoms with Crippen molar-refractivity contribution in [2.24, 2.45) is 0 Å². The number of carbonyl (C=O) groups excluding carboxylic acids is 3. The van der Waals surface area contributed by atoms with Crippen LogP contribution in [0.15, 0.2) is 60.7 Å². The highest BCUT2D eigenvalue weighted by Crippen LogP contribution is 2.04. The van der Waals surface area contributed by atoms with E-state index in [1.54, 1.807) is 54.6 Å². The zero-order valence-electron chi connectivity index (χ0n) is 15.6. The summed E-state index contributed by atoms with van der Waals surface area (Å²) in [5.41, 5.74) is 1.33. The molecule has 0 spiro atoms. The topological polar surface area (TPSA) is 137 Å². The maximum absolute atomic E-state index is 11.9. The van der Waals surface area contributed by atoms with Gasteiger partial charge in [0, 0.05) is 12.1 Å². The van der Waals surface area contributed by atoms with E-state index >= 15 is 0 Å². The molecule has 0 aliphatic heterocycles. The van der Waals surface area contributed by atoms with Gasteiger partial charge in [-0.1, -0.05) is 48.5 Å². The highest BCUT2D eigenvalue weighted by Gasteiger charge is 2.20. The number of carboxylic acids is 1. The number of hydrogen-bond donors (Lipinski definition) is 5. The van der Waals surface area contributed by atoms with Crippen LogP contribution >= 0.6 is 0 Å². The fraction of sp³-hybridized carbons (Fsp3) is 0.200. The zero-order valence-corrected chi connectivity index (χ0v) is 15.6. The Bertz CT molecular complexity index is 842. The Morgan fingerprint density at radius 1 is 0.793 bits per heavy atom. The standard InChI is InChI=1S/C20H22N4O5/c25-17(12-22-20(29)23-15-9-5-2-6-10-15)21-13-18(26)24-16(19(27)28)11-14-7-3-1-4-8-14/h1-10,16H,11-13H2,(H,21,25)(H,24,26)(H,27,28)(H2,22,23,29).